The minimum Gasteiger partial charge on any atom is -0.382 e. The van der Waals surface area contributed by atoms with Gasteiger partial charge >= 0.3 is 0 Å². The molecule has 3 N–H and O–H groups in total. The maximum absolute atomic E-state index is 12.8. The molecule has 0 spiro atoms. The van der Waals surface area contributed by atoms with Crippen LogP contribution in [0.4, 0.5) is 5.82 Å². The van der Waals surface area contributed by atoms with Crippen LogP contribution in [0.2, 0.25) is 0 Å². The number of aromatic amines is 1. The summed E-state index contributed by atoms with van der Waals surface area (Å²) in [5, 5.41) is 9.04. The second kappa shape index (κ2) is 5.08. The van der Waals surface area contributed by atoms with Crippen molar-refractivity contribution in [3.05, 3.63) is 52.8 Å². The highest BCUT2D eigenvalue weighted by Crippen LogP contribution is 2.22. The van der Waals surface area contributed by atoms with Crippen molar-refractivity contribution in [3.63, 3.8) is 0 Å². The highest BCUT2D eigenvalue weighted by atomic mass is 16.2. The number of H-pyrrole nitrogens is 1. The zero-order valence-electron chi connectivity index (χ0n) is 12.8. The van der Waals surface area contributed by atoms with Crippen molar-refractivity contribution in [1.82, 2.24) is 20.1 Å². The molecule has 0 fully saturated rings. The number of nitrogens with zero attached hydrogens (tertiary/aromatic N) is 3. The lowest BCUT2D eigenvalue weighted by Crippen LogP contribution is -2.36. The Balaban J connectivity index is 1.63. The van der Waals surface area contributed by atoms with Crippen molar-refractivity contribution in [1.29, 1.82) is 0 Å². The largest absolute Gasteiger partial charge is 0.382 e. The molecule has 0 bridgehead atoms. The standard InChI is InChI=1S/C17H17N5O/c1-10-2-3-13-11(6-10)7-15(19-13)17(23)22-5-4-14-12(9-22)8-16(18)21-20-14/h2-3,6-8,19H,4-5,9H2,1H3,(H2,18,21). The van der Waals surface area contributed by atoms with Gasteiger partial charge in [0.1, 0.15) is 11.5 Å². The molecule has 116 valence electrons. The summed E-state index contributed by atoms with van der Waals surface area (Å²) in [7, 11) is 0. The lowest BCUT2D eigenvalue weighted by molar-refractivity contribution is 0.0728. The van der Waals surface area contributed by atoms with Gasteiger partial charge in [0, 0.05) is 30.4 Å². The Kier molecular flexibility index (Phi) is 3.04. The molecule has 0 aliphatic carbocycles. The lowest BCUT2D eigenvalue weighted by Gasteiger charge is -2.27. The fraction of sp³-hybridized carbons (Fsp3) is 0.235. The molecule has 1 aliphatic heterocycles. The summed E-state index contributed by atoms with van der Waals surface area (Å²) >= 11 is 0. The fourth-order valence-corrected chi connectivity index (χ4v) is 3.06. The number of anilines is 1. The second-order valence-electron chi connectivity index (χ2n) is 5.99. The molecule has 2 aromatic heterocycles. The van der Waals surface area contributed by atoms with E-state index >= 15 is 0 Å². The number of fused-ring (bicyclic) bond motifs is 2. The molecule has 1 aromatic carbocycles. The Hall–Kier alpha value is -2.89. The van der Waals surface area contributed by atoms with Crippen molar-refractivity contribution >= 4 is 22.6 Å². The third-order valence-corrected chi connectivity index (χ3v) is 4.25. The molecule has 0 radical (unpaired) electrons. The number of hydrogen-bond donors (Lipinski definition) is 2. The van der Waals surface area contributed by atoms with Gasteiger partial charge in [-0.05, 0) is 36.8 Å². The molecule has 6 heteroatoms. The zero-order chi connectivity index (χ0) is 16.0. The third-order valence-electron chi connectivity index (χ3n) is 4.25. The zero-order valence-corrected chi connectivity index (χ0v) is 12.8. The molecule has 23 heavy (non-hydrogen) atoms. The van der Waals surface area contributed by atoms with Crippen molar-refractivity contribution < 1.29 is 4.79 Å². The summed E-state index contributed by atoms with van der Waals surface area (Å²) in [5.74, 6) is 0.388. The SMILES string of the molecule is Cc1ccc2[nH]c(C(=O)N3CCc4nnc(N)cc4C3)cc2c1. The Morgan fingerprint density at radius 1 is 1.26 bits per heavy atom. The Morgan fingerprint density at radius 3 is 3.00 bits per heavy atom. The molecule has 1 aliphatic rings. The van der Waals surface area contributed by atoms with Gasteiger partial charge in [-0.1, -0.05) is 11.6 Å². The van der Waals surface area contributed by atoms with Crippen LogP contribution in [0.25, 0.3) is 10.9 Å². The van der Waals surface area contributed by atoms with E-state index < -0.39 is 0 Å². The van der Waals surface area contributed by atoms with Gasteiger partial charge in [0.15, 0.2) is 0 Å². The molecular weight excluding hydrogens is 290 g/mol. The van der Waals surface area contributed by atoms with E-state index in [1.165, 1.54) is 5.56 Å². The quantitative estimate of drug-likeness (QED) is 0.720. The highest BCUT2D eigenvalue weighted by molar-refractivity contribution is 5.98. The van der Waals surface area contributed by atoms with Gasteiger partial charge in [-0.25, -0.2) is 0 Å². The number of nitrogens with one attached hydrogen (secondary N) is 1. The smallest absolute Gasteiger partial charge is 0.270 e. The van der Waals surface area contributed by atoms with Gasteiger partial charge in [0.2, 0.25) is 0 Å². The number of aryl methyl sites for hydroxylation is 1. The molecule has 4 rings (SSSR count). The Bertz CT molecular complexity index is 914. The van der Waals surface area contributed by atoms with Gasteiger partial charge in [-0.3, -0.25) is 4.79 Å². The first kappa shape index (κ1) is 13.8. The second-order valence-corrected chi connectivity index (χ2v) is 5.99. The number of nitrogen functional groups attached to an aromatic ring is 1. The van der Waals surface area contributed by atoms with E-state index in [2.05, 4.69) is 21.2 Å². The van der Waals surface area contributed by atoms with Gasteiger partial charge in [0.25, 0.3) is 5.91 Å². The minimum atomic E-state index is -0.000105. The number of aromatic nitrogens is 3. The van der Waals surface area contributed by atoms with Crippen LogP contribution in [0.1, 0.15) is 27.3 Å². The maximum Gasteiger partial charge on any atom is 0.270 e. The number of nitrogens with two attached hydrogens (primary N) is 1. The van der Waals surface area contributed by atoms with Crippen LogP contribution >= 0.6 is 0 Å². The average Bonchev–Trinajstić information content (AvgIpc) is 2.96. The molecule has 1 amide bonds. The van der Waals surface area contributed by atoms with E-state index in [4.69, 9.17) is 5.73 Å². The summed E-state index contributed by atoms with van der Waals surface area (Å²) in [6, 6.07) is 9.83. The highest BCUT2D eigenvalue weighted by Gasteiger charge is 2.24. The lowest BCUT2D eigenvalue weighted by atomic mass is 10.1. The molecule has 0 saturated carbocycles. The third kappa shape index (κ3) is 2.42. The molecule has 0 saturated heterocycles. The number of benzene rings is 1. The fourth-order valence-electron chi connectivity index (χ4n) is 3.06. The average molecular weight is 307 g/mol. The van der Waals surface area contributed by atoms with Crippen molar-refractivity contribution in [3.8, 4) is 0 Å². The van der Waals surface area contributed by atoms with Gasteiger partial charge in [0.05, 0.1) is 5.69 Å². The monoisotopic (exact) mass is 307 g/mol. The number of carbonyl (C=O) groups excluding carboxylic acids is 1. The molecule has 3 aromatic rings. The molecule has 0 unspecified atom stereocenters. The predicted molar refractivity (Wildman–Crippen MR) is 87.9 cm³/mol. The summed E-state index contributed by atoms with van der Waals surface area (Å²) in [4.78, 5) is 17.8. The topological polar surface area (TPSA) is 87.9 Å². The van der Waals surface area contributed by atoms with Gasteiger partial charge in [-0.2, -0.15) is 5.10 Å². The van der Waals surface area contributed by atoms with Crippen LogP contribution in [-0.2, 0) is 13.0 Å². The number of carbonyl (C=O) groups is 1. The van der Waals surface area contributed by atoms with Crippen LogP contribution in [0, 0.1) is 6.92 Å². The first-order valence-electron chi connectivity index (χ1n) is 7.60. The molecule has 6 nitrogen and oxygen atoms in total. The van der Waals surface area contributed by atoms with Crippen LogP contribution in [0.3, 0.4) is 0 Å². The first-order chi connectivity index (χ1) is 11.1. The van der Waals surface area contributed by atoms with E-state index in [1.54, 1.807) is 6.07 Å². The van der Waals surface area contributed by atoms with Crippen LogP contribution in [0.5, 0.6) is 0 Å². The predicted octanol–water partition coefficient (Wildman–Crippen LogP) is 2.05. The first-order valence-corrected chi connectivity index (χ1v) is 7.60. The number of rotatable bonds is 1. The van der Waals surface area contributed by atoms with E-state index in [0.717, 1.165) is 22.2 Å². The molecular formula is C17H17N5O. The van der Waals surface area contributed by atoms with Crippen molar-refractivity contribution in [2.75, 3.05) is 12.3 Å². The number of amides is 1. The van der Waals surface area contributed by atoms with Gasteiger partial charge < -0.3 is 15.6 Å². The normalized spacial score (nSPS) is 14.0. The van der Waals surface area contributed by atoms with Crippen molar-refractivity contribution in [2.45, 2.75) is 19.9 Å². The summed E-state index contributed by atoms with van der Waals surface area (Å²) < 4.78 is 0. The van der Waals surface area contributed by atoms with E-state index in [-0.39, 0.29) is 5.91 Å². The van der Waals surface area contributed by atoms with Crippen molar-refractivity contribution in [2.24, 2.45) is 0 Å². The van der Waals surface area contributed by atoms with Crippen LogP contribution in [0.15, 0.2) is 30.3 Å². The van der Waals surface area contributed by atoms with E-state index in [9.17, 15) is 4.79 Å². The van der Waals surface area contributed by atoms with Crippen LogP contribution in [-0.4, -0.2) is 32.5 Å². The Morgan fingerprint density at radius 2 is 2.13 bits per heavy atom. The van der Waals surface area contributed by atoms with Crippen LogP contribution < -0.4 is 5.73 Å². The summed E-state index contributed by atoms with van der Waals surface area (Å²) in [6.07, 6.45) is 0.702. The summed E-state index contributed by atoms with van der Waals surface area (Å²) in [5.41, 5.74) is 10.4. The maximum atomic E-state index is 12.8. The van der Waals surface area contributed by atoms with E-state index in [1.807, 2.05) is 30.0 Å². The summed E-state index contributed by atoms with van der Waals surface area (Å²) in [6.45, 7) is 3.20. The minimum absolute atomic E-state index is 0.000105. The van der Waals surface area contributed by atoms with Gasteiger partial charge in [-0.15, -0.1) is 5.10 Å². The van der Waals surface area contributed by atoms with E-state index in [0.29, 0.717) is 31.0 Å². The molecule has 3 heterocycles. The molecule has 0 atom stereocenters. The number of hydrogen-bond acceptors (Lipinski definition) is 4. The Labute approximate surface area is 133 Å².